The van der Waals surface area contributed by atoms with E-state index in [9.17, 15) is 0 Å². The van der Waals surface area contributed by atoms with Crippen molar-refractivity contribution in [3.8, 4) is 0 Å². The Balaban J connectivity index is 3.04. The molecule has 20 heavy (non-hydrogen) atoms. The van der Waals surface area contributed by atoms with Crippen molar-refractivity contribution >= 4 is 0 Å². The average Bonchev–Trinajstić information content (AvgIpc) is 2.47. The number of hydrogen-bond donors (Lipinski definition) is 1. The molecule has 0 bridgehead atoms. The lowest BCUT2D eigenvalue weighted by molar-refractivity contribution is 0.123. The molecule has 1 rings (SSSR count). The summed E-state index contributed by atoms with van der Waals surface area (Å²) >= 11 is 0. The van der Waals surface area contributed by atoms with Crippen molar-refractivity contribution in [3.05, 3.63) is 35.9 Å². The molecule has 0 fully saturated rings. The number of rotatable bonds is 9. The highest BCUT2D eigenvalue weighted by molar-refractivity contribution is 5.26. The predicted molar refractivity (Wildman–Crippen MR) is 88.8 cm³/mol. The lowest BCUT2D eigenvalue weighted by atomic mass is 9.80. The summed E-state index contributed by atoms with van der Waals surface area (Å²) < 4.78 is 0. The van der Waals surface area contributed by atoms with E-state index in [-0.39, 0.29) is 5.54 Å². The molecule has 114 valence electrons. The quantitative estimate of drug-likeness (QED) is 0.734. The molecule has 0 radical (unpaired) electrons. The highest BCUT2D eigenvalue weighted by Gasteiger charge is 2.35. The van der Waals surface area contributed by atoms with E-state index in [1.54, 1.807) is 0 Å². The van der Waals surface area contributed by atoms with Crippen molar-refractivity contribution in [2.45, 2.75) is 65.0 Å². The van der Waals surface area contributed by atoms with Crippen LogP contribution in [-0.2, 0) is 5.54 Å². The van der Waals surface area contributed by atoms with Gasteiger partial charge >= 0.3 is 0 Å². The van der Waals surface area contributed by atoms with Crippen LogP contribution in [0.3, 0.4) is 0 Å². The zero-order valence-corrected chi connectivity index (χ0v) is 13.7. The predicted octanol–water partition coefficient (Wildman–Crippen LogP) is 4.15. The Labute approximate surface area is 125 Å². The van der Waals surface area contributed by atoms with Crippen molar-refractivity contribution in [1.29, 1.82) is 0 Å². The van der Waals surface area contributed by atoms with Crippen LogP contribution in [0.15, 0.2) is 30.3 Å². The number of nitrogens with zero attached hydrogens (tertiary/aromatic N) is 1. The standard InChI is InChI=1S/C18H32N2/c1-5-13-18(19,17-11-9-8-10-12-17)16(4)20(14-6-2)15-7-3/h8-12,16H,5-7,13-15,19H2,1-4H3. The largest absolute Gasteiger partial charge is 0.320 e. The van der Waals surface area contributed by atoms with Crippen LogP contribution >= 0.6 is 0 Å². The molecule has 0 heterocycles. The molecule has 0 aliphatic heterocycles. The molecule has 1 aromatic carbocycles. The van der Waals surface area contributed by atoms with Gasteiger partial charge in [0.2, 0.25) is 0 Å². The van der Waals surface area contributed by atoms with Gasteiger partial charge in [0.15, 0.2) is 0 Å². The molecule has 0 aliphatic carbocycles. The van der Waals surface area contributed by atoms with E-state index in [4.69, 9.17) is 5.73 Å². The fourth-order valence-electron chi connectivity index (χ4n) is 3.16. The Morgan fingerprint density at radius 1 is 1.00 bits per heavy atom. The summed E-state index contributed by atoms with van der Waals surface area (Å²) in [5.74, 6) is 0. The van der Waals surface area contributed by atoms with Gasteiger partial charge in [-0.2, -0.15) is 0 Å². The zero-order chi connectivity index (χ0) is 15.0. The number of benzene rings is 1. The van der Waals surface area contributed by atoms with Crippen LogP contribution in [0, 0.1) is 0 Å². The second kappa shape index (κ2) is 8.43. The molecule has 1 aromatic rings. The smallest absolute Gasteiger partial charge is 0.0564 e. The Morgan fingerprint density at radius 2 is 1.55 bits per heavy atom. The van der Waals surface area contributed by atoms with E-state index in [2.05, 4.69) is 62.9 Å². The Kier molecular flexibility index (Phi) is 7.25. The maximum absolute atomic E-state index is 6.89. The fourth-order valence-corrected chi connectivity index (χ4v) is 3.16. The maximum Gasteiger partial charge on any atom is 0.0564 e. The lowest BCUT2D eigenvalue weighted by Gasteiger charge is -2.42. The third-order valence-corrected chi connectivity index (χ3v) is 4.29. The van der Waals surface area contributed by atoms with Gasteiger partial charge in [0.25, 0.3) is 0 Å². The minimum absolute atomic E-state index is 0.250. The summed E-state index contributed by atoms with van der Waals surface area (Å²) in [7, 11) is 0. The first-order valence-corrected chi connectivity index (χ1v) is 8.18. The molecule has 0 aliphatic rings. The summed E-state index contributed by atoms with van der Waals surface area (Å²) in [5.41, 5.74) is 7.91. The van der Waals surface area contributed by atoms with Gasteiger partial charge in [-0.25, -0.2) is 0 Å². The number of nitrogens with two attached hydrogens (primary N) is 1. The van der Waals surface area contributed by atoms with Gasteiger partial charge in [0.1, 0.15) is 0 Å². The minimum atomic E-state index is -0.250. The second-order valence-electron chi connectivity index (χ2n) is 5.87. The monoisotopic (exact) mass is 276 g/mol. The van der Waals surface area contributed by atoms with E-state index in [1.807, 2.05) is 0 Å². The van der Waals surface area contributed by atoms with E-state index in [0.29, 0.717) is 6.04 Å². The van der Waals surface area contributed by atoms with Crippen molar-refractivity contribution in [1.82, 2.24) is 4.90 Å². The molecule has 2 atom stereocenters. The summed E-state index contributed by atoms with van der Waals surface area (Å²) in [5, 5.41) is 0. The molecule has 2 nitrogen and oxygen atoms in total. The van der Waals surface area contributed by atoms with Crippen LogP contribution in [0.4, 0.5) is 0 Å². The van der Waals surface area contributed by atoms with Gasteiger partial charge in [-0.05, 0) is 44.8 Å². The van der Waals surface area contributed by atoms with Gasteiger partial charge in [0, 0.05) is 6.04 Å². The Hall–Kier alpha value is -0.860. The van der Waals surface area contributed by atoms with E-state index < -0.39 is 0 Å². The normalized spacial score (nSPS) is 16.1. The Morgan fingerprint density at radius 3 is 2.00 bits per heavy atom. The summed E-state index contributed by atoms with van der Waals surface area (Å²) in [4.78, 5) is 2.56. The summed E-state index contributed by atoms with van der Waals surface area (Å²) in [6, 6.07) is 11.0. The molecule has 2 unspecified atom stereocenters. The van der Waals surface area contributed by atoms with Crippen LogP contribution < -0.4 is 5.73 Å². The third kappa shape index (κ3) is 4.07. The van der Waals surface area contributed by atoms with Crippen molar-refractivity contribution in [3.63, 3.8) is 0 Å². The average molecular weight is 276 g/mol. The van der Waals surface area contributed by atoms with Gasteiger partial charge in [-0.3, -0.25) is 4.90 Å². The van der Waals surface area contributed by atoms with Crippen molar-refractivity contribution in [2.24, 2.45) is 5.73 Å². The summed E-state index contributed by atoms with van der Waals surface area (Å²) in [6.07, 6.45) is 4.51. The molecule has 0 spiro atoms. The topological polar surface area (TPSA) is 29.3 Å². The summed E-state index contributed by atoms with van der Waals surface area (Å²) in [6.45, 7) is 11.3. The molecule has 2 N–H and O–H groups in total. The first kappa shape index (κ1) is 17.2. The van der Waals surface area contributed by atoms with Crippen molar-refractivity contribution < 1.29 is 0 Å². The van der Waals surface area contributed by atoms with Gasteiger partial charge in [0.05, 0.1) is 5.54 Å². The first-order chi connectivity index (χ1) is 9.60. The van der Waals surface area contributed by atoms with Crippen LogP contribution in [0.1, 0.15) is 58.9 Å². The van der Waals surface area contributed by atoms with Crippen LogP contribution in [-0.4, -0.2) is 24.0 Å². The highest BCUT2D eigenvalue weighted by atomic mass is 15.2. The molecular weight excluding hydrogens is 244 g/mol. The zero-order valence-electron chi connectivity index (χ0n) is 13.7. The van der Waals surface area contributed by atoms with E-state index in [1.165, 1.54) is 18.4 Å². The van der Waals surface area contributed by atoms with Gasteiger partial charge in [-0.1, -0.05) is 57.5 Å². The van der Waals surface area contributed by atoms with E-state index >= 15 is 0 Å². The second-order valence-corrected chi connectivity index (χ2v) is 5.87. The number of hydrogen-bond acceptors (Lipinski definition) is 2. The van der Waals surface area contributed by atoms with E-state index in [0.717, 1.165) is 25.9 Å². The highest BCUT2D eigenvalue weighted by Crippen LogP contribution is 2.30. The van der Waals surface area contributed by atoms with Gasteiger partial charge < -0.3 is 5.73 Å². The molecule has 2 heteroatoms. The van der Waals surface area contributed by atoms with Crippen LogP contribution in [0.25, 0.3) is 0 Å². The molecule has 0 aromatic heterocycles. The fraction of sp³-hybridized carbons (Fsp3) is 0.667. The molecule has 0 amide bonds. The SMILES string of the molecule is CCCN(CCC)C(C)C(N)(CCC)c1ccccc1. The molecule has 0 saturated heterocycles. The Bertz CT molecular complexity index is 357. The van der Waals surface area contributed by atoms with Crippen molar-refractivity contribution in [2.75, 3.05) is 13.1 Å². The first-order valence-electron chi connectivity index (χ1n) is 8.18. The molecule has 0 saturated carbocycles. The molecular formula is C18H32N2. The van der Waals surface area contributed by atoms with Crippen LogP contribution in [0.2, 0.25) is 0 Å². The van der Waals surface area contributed by atoms with Crippen LogP contribution in [0.5, 0.6) is 0 Å². The van der Waals surface area contributed by atoms with Gasteiger partial charge in [-0.15, -0.1) is 0 Å². The lowest BCUT2D eigenvalue weighted by Crippen LogP contribution is -2.55. The maximum atomic E-state index is 6.89. The third-order valence-electron chi connectivity index (χ3n) is 4.29. The minimum Gasteiger partial charge on any atom is -0.320 e.